The summed E-state index contributed by atoms with van der Waals surface area (Å²) in [6.07, 6.45) is 3.07. The molecule has 0 aliphatic heterocycles. The summed E-state index contributed by atoms with van der Waals surface area (Å²) in [7, 11) is 0. The molecule has 1 N–H and O–H groups in total. The van der Waals surface area contributed by atoms with Crippen molar-refractivity contribution in [1.82, 2.24) is 9.97 Å². The molecule has 0 bridgehead atoms. The average Bonchev–Trinajstić information content (AvgIpc) is 2.85. The van der Waals surface area contributed by atoms with Gasteiger partial charge in [0.25, 0.3) is 0 Å². The second-order valence-electron chi connectivity index (χ2n) is 3.59. The Kier molecular flexibility index (Phi) is 3.23. The van der Waals surface area contributed by atoms with Crippen molar-refractivity contribution >= 4 is 17.3 Å². The molecule has 0 saturated carbocycles. The Bertz CT molecular complexity index is 545. The highest BCUT2D eigenvalue weighted by Crippen LogP contribution is 2.27. The highest BCUT2D eigenvalue weighted by Gasteiger charge is 2.20. The summed E-state index contributed by atoms with van der Waals surface area (Å²) in [5, 5.41) is 9.91. The molecule has 6 heteroatoms. The summed E-state index contributed by atoms with van der Waals surface area (Å²) >= 11 is 1.43. The maximum Gasteiger partial charge on any atom is 0.373 e. The Labute approximate surface area is 102 Å². The van der Waals surface area contributed by atoms with Crippen LogP contribution in [0.5, 0.6) is 0 Å². The first-order valence-electron chi connectivity index (χ1n) is 5.27. The van der Waals surface area contributed by atoms with Gasteiger partial charge in [0.1, 0.15) is 4.88 Å². The third-order valence-corrected chi connectivity index (χ3v) is 3.11. The molecule has 2 rings (SSSR count). The van der Waals surface area contributed by atoms with E-state index in [0.29, 0.717) is 18.0 Å². The first kappa shape index (κ1) is 11.8. The summed E-state index contributed by atoms with van der Waals surface area (Å²) in [5.74, 6) is -0.794. The van der Waals surface area contributed by atoms with Crippen LogP contribution in [0.2, 0.25) is 0 Å². The van der Waals surface area contributed by atoms with Crippen molar-refractivity contribution in [2.75, 3.05) is 0 Å². The van der Waals surface area contributed by atoms with Gasteiger partial charge in [-0.15, -0.1) is 11.3 Å². The predicted molar refractivity (Wildman–Crippen MR) is 63.3 cm³/mol. The smallest absolute Gasteiger partial charge is 0.373 e. The molecule has 0 unspecified atom stereocenters. The number of aryl methyl sites for hydroxylation is 2. The number of nitrogens with zero attached hydrogens (tertiary/aromatic N) is 2. The number of oxazole rings is 1. The summed E-state index contributed by atoms with van der Waals surface area (Å²) in [4.78, 5) is 20.1. The van der Waals surface area contributed by atoms with Crippen LogP contribution in [0.3, 0.4) is 0 Å². The Morgan fingerprint density at radius 1 is 1.59 bits per heavy atom. The second kappa shape index (κ2) is 4.67. The number of rotatable bonds is 4. The summed E-state index contributed by atoms with van der Waals surface area (Å²) < 4.78 is 5.29. The normalized spacial score (nSPS) is 10.7. The van der Waals surface area contributed by atoms with Crippen LogP contribution in [0.25, 0.3) is 10.8 Å². The Hall–Kier alpha value is -1.69. The van der Waals surface area contributed by atoms with E-state index >= 15 is 0 Å². The molecule has 5 nitrogen and oxygen atoms in total. The highest BCUT2D eigenvalue weighted by atomic mass is 32.1. The molecule has 0 aliphatic rings. The van der Waals surface area contributed by atoms with E-state index in [9.17, 15) is 4.79 Å². The second-order valence-corrected chi connectivity index (χ2v) is 4.83. The monoisotopic (exact) mass is 252 g/mol. The van der Waals surface area contributed by atoms with Crippen molar-refractivity contribution in [2.24, 2.45) is 0 Å². The molecule has 2 aromatic heterocycles. The minimum atomic E-state index is -1.08. The number of hydrogen-bond acceptors (Lipinski definition) is 5. The molecule has 90 valence electrons. The van der Waals surface area contributed by atoms with Crippen molar-refractivity contribution in [3.63, 3.8) is 0 Å². The molecular formula is C11H12N2O3S. The summed E-state index contributed by atoms with van der Waals surface area (Å²) in [5.41, 5.74) is 0.501. The van der Waals surface area contributed by atoms with E-state index < -0.39 is 5.97 Å². The van der Waals surface area contributed by atoms with E-state index in [2.05, 4.69) is 9.97 Å². The van der Waals surface area contributed by atoms with Crippen molar-refractivity contribution in [1.29, 1.82) is 0 Å². The van der Waals surface area contributed by atoms with Crippen LogP contribution in [0.1, 0.15) is 34.6 Å². The largest absolute Gasteiger partial charge is 0.475 e. The van der Waals surface area contributed by atoms with Crippen LogP contribution in [0.15, 0.2) is 10.6 Å². The lowest BCUT2D eigenvalue weighted by Gasteiger charge is -1.91. The summed E-state index contributed by atoms with van der Waals surface area (Å²) in [6, 6.07) is 0. The van der Waals surface area contributed by atoms with Gasteiger partial charge in [-0.05, 0) is 13.3 Å². The fraction of sp³-hybridized carbons (Fsp3) is 0.364. The van der Waals surface area contributed by atoms with E-state index in [4.69, 9.17) is 9.52 Å². The highest BCUT2D eigenvalue weighted by molar-refractivity contribution is 7.14. The number of aromatic nitrogens is 2. The summed E-state index contributed by atoms with van der Waals surface area (Å²) in [6.45, 7) is 3.85. The van der Waals surface area contributed by atoms with Gasteiger partial charge < -0.3 is 9.52 Å². The molecule has 17 heavy (non-hydrogen) atoms. The molecule has 0 aliphatic carbocycles. The lowest BCUT2D eigenvalue weighted by atomic mass is 10.2. The fourth-order valence-corrected chi connectivity index (χ4v) is 2.19. The Balaban J connectivity index is 2.43. The number of hydrogen-bond donors (Lipinski definition) is 1. The molecule has 0 amide bonds. The van der Waals surface area contributed by atoms with E-state index in [1.54, 1.807) is 6.20 Å². The van der Waals surface area contributed by atoms with Crippen molar-refractivity contribution in [2.45, 2.75) is 26.7 Å². The molecule has 0 spiro atoms. The van der Waals surface area contributed by atoms with Crippen LogP contribution < -0.4 is 0 Å². The van der Waals surface area contributed by atoms with Crippen molar-refractivity contribution in [3.05, 3.63) is 22.7 Å². The molecule has 0 radical (unpaired) electrons. The molecule has 0 saturated heterocycles. The van der Waals surface area contributed by atoms with Gasteiger partial charge in [-0.1, -0.05) is 13.3 Å². The van der Waals surface area contributed by atoms with E-state index in [0.717, 1.165) is 16.3 Å². The molecule has 0 fully saturated rings. The molecule has 2 aromatic rings. The minimum absolute atomic E-state index is 0.0621. The maximum atomic E-state index is 11.0. The fourth-order valence-electron chi connectivity index (χ4n) is 1.49. The third-order valence-electron chi connectivity index (χ3n) is 2.21. The van der Waals surface area contributed by atoms with Gasteiger partial charge in [0, 0.05) is 0 Å². The van der Waals surface area contributed by atoms with Gasteiger partial charge in [0.15, 0.2) is 0 Å². The quantitative estimate of drug-likeness (QED) is 0.905. The number of carboxylic acids is 1. The van der Waals surface area contributed by atoms with Gasteiger partial charge in [-0.2, -0.15) is 0 Å². The lowest BCUT2D eigenvalue weighted by Crippen LogP contribution is -1.99. The Morgan fingerprint density at radius 2 is 2.35 bits per heavy atom. The predicted octanol–water partition coefficient (Wildman–Crippen LogP) is 2.76. The first-order chi connectivity index (χ1) is 8.11. The first-order valence-corrected chi connectivity index (χ1v) is 6.09. The standard InChI is InChI=1S/C11H12N2O3S/c1-3-4-7-9(11(14)15)16-10(13-7)8-5-12-6(2)17-8/h5H,3-4H2,1-2H3,(H,14,15). The van der Waals surface area contributed by atoms with E-state index in [-0.39, 0.29) is 5.76 Å². The zero-order valence-electron chi connectivity index (χ0n) is 9.56. The number of carboxylic acid groups (broad SMARTS) is 1. The number of carbonyl (C=O) groups is 1. The van der Waals surface area contributed by atoms with Crippen LogP contribution in [-0.4, -0.2) is 21.0 Å². The van der Waals surface area contributed by atoms with Gasteiger partial charge in [-0.25, -0.2) is 14.8 Å². The van der Waals surface area contributed by atoms with Crippen LogP contribution >= 0.6 is 11.3 Å². The molecule has 2 heterocycles. The van der Waals surface area contributed by atoms with Crippen LogP contribution in [-0.2, 0) is 6.42 Å². The van der Waals surface area contributed by atoms with Gasteiger partial charge in [0.05, 0.1) is 16.9 Å². The molecular weight excluding hydrogens is 240 g/mol. The zero-order valence-corrected chi connectivity index (χ0v) is 10.4. The SMILES string of the molecule is CCCc1nc(-c2cnc(C)s2)oc1C(=O)O. The van der Waals surface area contributed by atoms with E-state index in [1.807, 2.05) is 13.8 Å². The van der Waals surface area contributed by atoms with Crippen LogP contribution in [0.4, 0.5) is 0 Å². The van der Waals surface area contributed by atoms with Gasteiger partial charge in [-0.3, -0.25) is 0 Å². The lowest BCUT2D eigenvalue weighted by molar-refractivity contribution is 0.0662. The van der Waals surface area contributed by atoms with E-state index in [1.165, 1.54) is 11.3 Å². The third kappa shape index (κ3) is 2.36. The topological polar surface area (TPSA) is 76.2 Å². The van der Waals surface area contributed by atoms with Crippen LogP contribution in [0, 0.1) is 6.92 Å². The maximum absolute atomic E-state index is 11.0. The van der Waals surface area contributed by atoms with Gasteiger partial charge in [0.2, 0.25) is 11.7 Å². The van der Waals surface area contributed by atoms with Crippen molar-refractivity contribution in [3.8, 4) is 10.8 Å². The molecule has 0 aromatic carbocycles. The molecule has 0 atom stereocenters. The van der Waals surface area contributed by atoms with Gasteiger partial charge >= 0.3 is 5.97 Å². The number of thiazole rings is 1. The minimum Gasteiger partial charge on any atom is -0.475 e. The number of aromatic carboxylic acids is 1. The van der Waals surface area contributed by atoms with Crippen molar-refractivity contribution < 1.29 is 14.3 Å². The average molecular weight is 252 g/mol. The Morgan fingerprint density at radius 3 is 2.88 bits per heavy atom. The zero-order chi connectivity index (χ0) is 12.4.